The molecular formula is C21H20ClN3O2. The second-order valence-corrected chi connectivity index (χ2v) is 6.48. The largest absolute Gasteiger partial charge is 0.495 e. The van der Waals surface area contributed by atoms with Crippen molar-refractivity contribution in [3.63, 3.8) is 0 Å². The molecule has 6 heteroatoms. The Balaban J connectivity index is 1.65. The van der Waals surface area contributed by atoms with Crippen LogP contribution in [0.15, 0.2) is 60.8 Å². The molecule has 1 heterocycles. The van der Waals surface area contributed by atoms with Gasteiger partial charge in [-0.3, -0.25) is 4.79 Å². The summed E-state index contributed by atoms with van der Waals surface area (Å²) in [7, 11) is 1.59. The molecule has 0 aliphatic rings. The number of aromatic nitrogens is 1. The molecule has 5 nitrogen and oxygen atoms in total. The SMILES string of the molecule is COc1cc(Cl)c(C)cc1Nc1ccc(NC(=O)Cc2ccccc2)nc1. The summed E-state index contributed by atoms with van der Waals surface area (Å²) in [5.41, 5.74) is 3.47. The number of amides is 1. The van der Waals surface area contributed by atoms with Crippen molar-refractivity contribution in [1.29, 1.82) is 0 Å². The summed E-state index contributed by atoms with van der Waals surface area (Å²) in [5.74, 6) is 1.04. The van der Waals surface area contributed by atoms with Crippen LogP contribution < -0.4 is 15.4 Å². The third-order valence-electron chi connectivity index (χ3n) is 4.00. The van der Waals surface area contributed by atoms with Crippen molar-refractivity contribution in [3.8, 4) is 5.75 Å². The van der Waals surface area contributed by atoms with Crippen molar-refractivity contribution in [1.82, 2.24) is 4.98 Å². The van der Waals surface area contributed by atoms with E-state index in [4.69, 9.17) is 16.3 Å². The summed E-state index contributed by atoms with van der Waals surface area (Å²) >= 11 is 6.13. The number of hydrogen-bond donors (Lipinski definition) is 2. The summed E-state index contributed by atoms with van der Waals surface area (Å²) in [6.45, 7) is 1.93. The van der Waals surface area contributed by atoms with Crippen LogP contribution in [0.25, 0.3) is 0 Å². The lowest BCUT2D eigenvalue weighted by atomic mass is 10.1. The molecule has 27 heavy (non-hydrogen) atoms. The fourth-order valence-corrected chi connectivity index (χ4v) is 2.75. The van der Waals surface area contributed by atoms with E-state index >= 15 is 0 Å². The first-order chi connectivity index (χ1) is 13.0. The van der Waals surface area contributed by atoms with Crippen molar-refractivity contribution in [2.75, 3.05) is 17.7 Å². The lowest BCUT2D eigenvalue weighted by Gasteiger charge is -2.13. The van der Waals surface area contributed by atoms with Gasteiger partial charge in [-0.15, -0.1) is 0 Å². The molecule has 0 saturated carbocycles. The molecule has 2 N–H and O–H groups in total. The van der Waals surface area contributed by atoms with Gasteiger partial charge in [0.25, 0.3) is 0 Å². The van der Waals surface area contributed by atoms with Gasteiger partial charge in [0.05, 0.1) is 31.1 Å². The lowest BCUT2D eigenvalue weighted by molar-refractivity contribution is -0.115. The molecule has 0 unspecified atom stereocenters. The van der Waals surface area contributed by atoms with E-state index in [2.05, 4.69) is 15.6 Å². The molecule has 0 radical (unpaired) electrons. The van der Waals surface area contributed by atoms with E-state index in [1.165, 1.54) is 0 Å². The predicted molar refractivity (Wildman–Crippen MR) is 109 cm³/mol. The Morgan fingerprint density at radius 2 is 1.93 bits per heavy atom. The number of halogens is 1. The first kappa shape index (κ1) is 18.7. The minimum atomic E-state index is -0.107. The Morgan fingerprint density at radius 1 is 1.15 bits per heavy atom. The van der Waals surface area contributed by atoms with Gasteiger partial charge in [0, 0.05) is 11.1 Å². The van der Waals surface area contributed by atoms with Gasteiger partial charge in [0.2, 0.25) is 5.91 Å². The van der Waals surface area contributed by atoms with Crippen molar-refractivity contribution in [2.24, 2.45) is 0 Å². The van der Waals surface area contributed by atoms with Crippen LogP contribution in [0.1, 0.15) is 11.1 Å². The smallest absolute Gasteiger partial charge is 0.229 e. The standard InChI is InChI=1S/C21H20ClN3O2/c1-14-10-18(19(27-2)12-17(14)22)24-16-8-9-20(23-13-16)25-21(26)11-15-6-4-3-5-7-15/h3-10,12-13,24H,11H2,1-2H3,(H,23,25,26). The molecule has 138 valence electrons. The van der Waals surface area contributed by atoms with Crippen LogP contribution in [0.3, 0.4) is 0 Å². The van der Waals surface area contributed by atoms with Crippen LogP contribution in [0.5, 0.6) is 5.75 Å². The van der Waals surface area contributed by atoms with Gasteiger partial charge in [0.15, 0.2) is 0 Å². The van der Waals surface area contributed by atoms with E-state index in [9.17, 15) is 4.79 Å². The van der Waals surface area contributed by atoms with Gasteiger partial charge < -0.3 is 15.4 Å². The second-order valence-electron chi connectivity index (χ2n) is 6.07. The molecule has 0 saturated heterocycles. The Bertz CT molecular complexity index is 928. The molecule has 2 aromatic carbocycles. The molecule has 3 rings (SSSR count). The lowest BCUT2D eigenvalue weighted by Crippen LogP contribution is -2.15. The Morgan fingerprint density at radius 3 is 2.59 bits per heavy atom. The number of anilines is 3. The molecule has 0 aliphatic heterocycles. The van der Waals surface area contributed by atoms with Crippen molar-refractivity contribution in [2.45, 2.75) is 13.3 Å². The second kappa shape index (κ2) is 8.56. The van der Waals surface area contributed by atoms with E-state index in [-0.39, 0.29) is 5.91 Å². The summed E-state index contributed by atoms with van der Waals surface area (Å²) in [5, 5.41) is 6.70. The average molecular weight is 382 g/mol. The number of nitrogens with one attached hydrogen (secondary N) is 2. The molecular weight excluding hydrogens is 362 g/mol. The maximum Gasteiger partial charge on any atom is 0.229 e. The van der Waals surface area contributed by atoms with E-state index < -0.39 is 0 Å². The third-order valence-corrected chi connectivity index (χ3v) is 4.41. The number of aryl methyl sites for hydroxylation is 1. The van der Waals surface area contributed by atoms with Gasteiger partial charge >= 0.3 is 0 Å². The van der Waals surface area contributed by atoms with Gasteiger partial charge in [-0.25, -0.2) is 4.98 Å². The summed E-state index contributed by atoms with van der Waals surface area (Å²) < 4.78 is 5.36. The maximum absolute atomic E-state index is 12.1. The quantitative estimate of drug-likeness (QED) is 0.632. The topological polar surface area (TPSA) is 63.2 Å². The molecule has 1 aromatic heterocycles. The number of rotatable bonds is 6. The molecule has 0 atom stereocenters. The monoisotopic (exact) mass is 381 g/mol. The van der Waals surface area contributed by atoms with Gasteiger partial charge in [-0.2, -0.15) is 0 Å². The number of hydrogen-bond acceptors (Lipinski definition) is 4. The highest BCUT2D eigenvalue weighted by molar-refractivity contribution is 6.31. The van der Waals surface area contributed by atoms with Crippen LogP contribution in [-0.4, -0.2) is 18.0 Å². The van der Waals surface area contributed by atoms with E-state index in [1.54, 1.807) is 25.4 Å². The number of carbonyl (C=O) groups is 1. The number of carbonyl (C=O) groups excluding carboxylic acids is 1. The predicted octanol–water partition coefficient (Wildman–Crippen LogP) is 4.98. The zero-order chi connectivity index (χ0) is 19.2. The van der Waals surface area contributed by atoms with Gasteiger partial charge in [0.1, 0.15) is 11.6 Å². The minimum absolute atomic E-state index is 0.107. The number of nitrogens with zero attached hydrogens (tertiary/aromatic N) is 1. The highest BCUT2D eigenvalue weighted by atomic mass is 35.5. The van der Waals surface area contributed by atoms with E-state index in [0.717, 1.165) is 22.5 Å². The van der Waals surface area contributed by atoms with Gasteiger partial charge in [-0.1, -0.05) is 41.9 Å². The van der Waals surface area contributed by atoms with E-state index in [0.29, 0.717) is 23.0 Å². The first-order valence-electron chi connectivity index (χ1n) is 8.46. The minimum Gasteiger partial charge on any atom is -0.495 e. The fourth-order valence-electron chi connectivity index (χ4n) is 2.60. The third kappa shape index (κ3) is 4.99. The highest BCUT2D eigenvalue weighted by Crippen LogP contribution is 2.33. The summed E-state index contributed by atoms with van der Waals surface area (Å²) in [6, 6.07) is 16.9. The zero-order valence-electron chi connectivity index (χ0n) is 15.1. The van der Waals surface area contributed by atoms with Crippen molar-refractivity contribution < 1.29 is 9.53 Å². The number of benzene rings is 2. The normalized spacial score (nSPS) is 10.3. The van der Waals surface area contributed by atoms with Crippen LogP contribution in [0.2, 0.25) is 5.02 Å². The molecule has 3 aromatic rings. The molecule has 0 fully saturated rings. The van der Waals surface area contributed by atoms with E-state index in [1.807, 2.05) is 49.4 Å². The summed E-state index contributed by atoms with van der Waals surface area (Å²) in [6.07, 6.45) is 1.96. The van der Waals surface area contributed by atoms with Crippen LogP contribution >= 0.6 is 11.6 Å². The fraction of sp³-hybridized carbons (Fsp3) is 0.143. The van der Waals surface area contributed by atoms with Crippen LogP contribution in [-0.2, 0) is 11.2 Å². The number of methoxy groups -OCH3 is 1. The van der Waals surface area contributed by atoms with Crippen LogP contribution in [0, 0.1) is 6.92 Å². The number of pyridine rings is 1. The Labute approximate surface area is 163 Å². The molecule has 0 aliphatic carbocycles. The first-order valence-corrected chi connectivity index (χ1v) is 8.84. The zero-order valence-corrected chi connectivity index (χ0v) is 15.9. The Hall–Kier alpha value is -3.05. The molecule has 0 bridgehead atoms. The summed E-state index contributed by atoms with van der Waals surface area (Å²) in [4.78, 5) is 16.4. The van der Waals surface area contributed by atoms with Crippen molar-refractivity contribution in [3.05, 3.63) is 76.9 Å². The number of ether oxygens (including phenoxy) is 1. The average Bonchev–Trinajstić information content (AvgIpc) is 2.67. The van der Waals surface area contributed by atoms with Crippen molar-refractivity contribution >= 4 is 34.7 Å². The van der Waals surface area contributed by atoms with Gasteiger partial charge in [-0.05, 0) is 36.2 Å². The highest BCUT2D eigenvalue weighted by Gasteiger charge is 2.09. The maximum atomic E-state index is 12.1. The Kier molecular flexibility index (Phi) is 5.94. The molecule has 0 spiro atoms. The molecule has 1 amide bonds. The van der Waals surface area contributed by atoms with Crippen LogP contribution in [0.4, 0.5) is 17.2 Å².